The van der Waals surface area contributed by atoms with E-state index in [0.29, 0.717) is 35.0 Å². The second-order valence-electron chi connectivity index (χ2n) is 6.59. The van der Waals surface area contributed by atoms with Gasteiger partial charge < -0.3 is 10.2 Å². The minimum atomic E-state index is -4.73. The zero-order chi connectivity index (χ0) is 18.5. The summed E-state index contributed by atoms with van der Waals surface area (Å²) in [6.45, 7) is 0. The van der Waals surface area contributed by atoms with Crippen LogP contribution in [0.25, 0.3) is 22.2 Å². The number of aliphatic hydroxyl groups excluding tert-OH is 2. The molecule has 1 aliphatic carbocycles. The molecule has 0 saturated heterocycles. The molecular formula is C18H15F3N2O3. The fourth-order valence-electron chi connectivity index (χ4n) is 3.31. The van der Waals surface area contributed by atoms with Gasteiger partial charge in [-0.1, -0.05) is 18.2 Å². The van der Waals surface area contributed by atoms with Gasteiger partial charge in [-0.25, -0.2) is 4.63 Å². The van der Waals surface area contributed by atoms with Gasteiger partial charge in [0.05, 0.1) is 6.10 Å². The molecule has 26 heavy (non-hydrogen) atoms. The lowest BCUT2D eigenvalue weighted by Gasteiger charge is -2.31. The van der Waals surface area contributed by atoms with Gasteiger partial charge >= 0.3 is 6.18 Å². The van der Waals surface area contributed by atoms with Crippen LogP contribution in [0.1, 0.15) is 36.0 Å². The van der Waals surface area contributed by atoms with Crippen molar-refractivity contribution < 1.29 is 28.0 Å². The van der Waals surface area contributed by atoms with Crippen LogP contribution in [-0.4, -0.2) is 32.8 Å². The molecule has 2 aromatic carbocycles. The lowest BCUT2D eigenvalue weighted by molar-refractivity contribution is -0.206. The smallest absolute Gasteiger partial charge is 0.393 e. The van der Waals surface area contributed by atoms with Crippen LogP contribution in [-0.2, 0) is 0 Å². The number of benzene rings is 2. The molecule has 0 spiro atoms. The van der Waals surface area contributed by atoms with Gasteiger partial charge in [-0.05, 0) is 69.5 Å². The Balaban J connectivity index is 1.77. The molecule has 8 heteroatoms. The molecule has 0 amide bonds. The molecule has 1 aliphatic rings. The molecule has 0 bridgehead atoms. The molecule has 3 aromatic rings. The van der Waals surface area contributed by atoms with E-state index in [2.05, 4.69) is 10.3 Å². The molecule has 0 radical (unpaired) electrons. The average Bonchev–Trinajstić information content (AvgIpc) is 3.05. The number of aliphatic hydroxyl groups is 2. The molecule has 1 heterocycles. The predicted octanol–water partition coefficient (Wildman–Crippen LogP) is 3.72. The molecule has 0 aliphatic heterocycles. The molecule has 1 fully saturated rings. The van der Waals surface area contributed by atoms with Crippen LogP contribution in [0.5, 0.6) is 0 Å². The molecule has 1 unspecified atom stereocenters. The first kappa shape index (κ1) is 17.0. The lowest BCUT2D eigenvalue weighted by atomic mass is 9.76. The van der Waals surface area contributed by atoms with E-state index < -0.39 is 12.3 Å². The number of halogens is 3. The van der Waals surface area contributed by atoms with Crippen molar-refractivity contribution in [2.75, 3.05) is 0 Å². The van der Waals surface area contributed by atoms with Crippen molar-refractivity contribution in [3.63, 3.8) is 0 Å². The summed E-state index contributed by atoms with van der Waals surface area (Å²) in [4.78, 5) is 0. The first-order valence-electron chi connectivity index (χ1n) is 8.12. The number of hydrogen-bond acceptors (Lipinski definition) is 5. The summed E-state index contributed by atoms with van der Waals surface area (Å²) in [5.41, 5.74) is 2.90. The fourth-order valence-corrected chi connectivity index (χ4v) is 3.31. The maximum atomic E-state index is 12.8. The summed E-state index contributed by atoms with van der Waals surface area (Å²) >= 11 is 0. The highest BCUT2D eigenvalue weighted by atomic mass is 19.4. The van der Waals surface area contributed by atoms with E-state index in [1.807, 2.05) is 6.07 Å². The first-order valence-corrected chi connectivity index (χ1v) is 8.12. The first-order chi connectivity index (χ1) is 12.3. The van der Waals surface area contributed by atoms with Crippen molar-refractivity contribution >= 4 is 11.0 Å². The van der Waals surface area contributed by atoms with Crippen molar-refractivity contribution in [1.82, 2.24) is 10.3 Å². The molecule has 1 atom stereocenters. The van der Waals surface area contributed by atoms with Gasteiger partial charge in [0.1, 0.15) is 11.0 Å². The van der Waals surface area contributed by atoms with Crippen LogP contribution >= 0.6 is 0 Å². The van der Waals surface area contributed by atoms with Gasteiger partial charge in [0.2, 0.25) is 0 Å². The Morgan fingerprint density at radius 2 is 1.85 bits per heavy atom. The van der Waals surface area contributed by atoms with E-state index in [-0.39, 0.29) is 17.6 Å². The van der Waals surface area contributed by atoms with E-state index in [4.69, 9.17) is 4.63 Å². The number of alkyl halides is 3. The highest BCUT2D eigenvalue weighted by molar-refractivity contribution is 5.84. The summed E-state index contributed by atoms with van der Waals surface area (Å²) in [7, 11) is 0. The Labute approximate surface area is 146 Å². The van der Waals surface area contributed by atoms with Crippen LogP contribution in [0.2, 0.25) is 0 Å². The predicted molar refractivity (Wildman–Crippen MR) is 86.2 cm³/mol. The van der Waals surface area contributed by atoms with Crippen LogP contribution in [0.15, 0.2) is 41.0 Å². The molecule has 136 valence electrons. The second-order valence-corrected chi connectivity index (χ2v) is 6.59. The van der Waals surface area contributed by atoms with Gasteiger partial charge in [-0.2, -0.15) is 13.2 Å². The maximum Gasteiger partial charge on any atom is 0.418 e. The quantitative estimate of drug-likeness (QED) is 0.740. The standard InChI is InChI=1S/C18H15F3N2O3/c19-18(20,21)17(25)10-3-1-2-9(4-10)11-7-14(12-5-13(24)6-12)16-15(8-11)22-26-23-16/h1-4,7-8,12-13,17,24-25H,5-6H2. The number of rotatable bonds is 3. The van der Waals surface area contributed by atoms with Crippen molar-refractivity contribution in [2.24, 2.45) is 0 Å². The van der Waals surface area contributed by atoms with Crippen LogP contribution < -0.4 is 0 Å². The third-order valence-corrected chi connectivity index (χ3v) is 4.79. The van der Waals surface area contributed by atoms with E-state index >= 15 is 0 Å². The van der Waals surface area contributed by atoms with Gasteiger partial charge in [-0.3, -0.25) is 0 Å². The van der Waals surface area contributed by atoms with Crippen LogP contribution in [0.3, 0.4) is 0 Å². The van der Waals surface area contributed by atoms with Gasteiger partial charge in [0, 0.05) is 0 Å². The summed E-state index contributed by atoms with van der Waals surface area (Å²) in [5, 5.41) is 26.8. The van der Waals surface area contributed by atoms with Crippen molar-refractivity contribution in [2.45, 2.75) is 37.1 Å². The highest BCUT2D eigenvalue weighted by Crippen LogP contribution is 2.41. The van der Waals surface area contributed by atoms with Crippen LogP contribution in [0, 0.1) is 0 Å². The van der Waals surface area contributed by atoms with E-state index in [9.17, 15) is 23.4 Å². The molecule has 4 rings (SSSR count). The maximum absolute atomic E-state index is 12.8. The van der Waals surface area contributed by atoms with Crippen molar-refractivity contribution in [3.8, 4) is 11.1 Å². The topological polar surface area (TPSA) is 79.4 Å². The minimum absolute atomic E-state index is 0.100. The third kappa shape index (κ3) is 2.95. The number of nitrogens with zero attached hydrogens (tertiary/aromatic N) is 2. The van der Waals surface area contributed by atoms with E-state index in [0.717, 1.165) is 5.56 Å². The highest BCUT2D eigenvalue weighted by Gasteiger charge is 2.39. The zero-order valence-electron chi connectivity index (χ0n) is 13.4. The van der Waals surface area contributed by atoms with Gasteiger partial charge in [-0.15, -0.1) is 0 Å². The Morgan fingerprint density at radius 3 is 2.54 bits per heavy atom. The number of hydrogen-bond donors (Lipinski definition) is 2. The molecule has 2 N–H and O–H groups in total. The van der Waals surface area contributed by atoms with E-state index in [1.165, 1.54) is 18.2 Å². The largest absolute Gasteiger partial charge is 0.418 e. The number of aromatic nitrogens is 2. The second kappa shape index (κ2) is 6.07. The molecule has 5 nitrogen and oxygen atoms in total. The normalized spacial score (nSPS) is 21.6. The Kier molecular flexibility index (Phi) is 3.96. The summed E-state index contributed by atoms with van der Waals surface area (Å²) in [5.74, 6) is 0.100. The lowest BCUT2D eigenvalue weighted by Crippen LogP contribution is -2.26. The molecular weight excluding hydrogens is 349 g/mol. The summed E-state index contributed by atoms with van der Waals surface area (Å²) in [6.07, 6.45) is -6.44. The SMILES string of the molecule is OC1CC(c2cc(-c3cccc(C(O)C(F)(F)F)c3)cc3nonc23)C1. The fraction of sp³-hybridized carbons (Fsp3) is 0.333. The van der Waals surface area contributed by atoms with Crippen molar-refractivity contribution in [1.29, 1.82) is 0 Å². The zero-order valence-corrected chi connectivity index (χ0v) is 13.4. The van der Waals surface area contributed by atoms with E-state index in [1.54, 1.807) is 12.1 Å². The average molecular weight is 364 g/mol. The summed E-state index contributed by atoms with van der Waals surface area (Å²) < 4.78 is 43.2. The Bertz CT molecular complexity index is 948. The third-order valence-electron chi connectivity index (χ3n) is 4.79. The van der Waals surface area contributed by atoms with Crippen molar-refractivity contribution in [3.05, 3.63) is 47.5 Å². The van der Waals surface area contributed by atoms with Gasteiger partial charge in [0.25, 0.3) is 0 Å². The minimum Gasteiger partial charge on any atom is -0.393 e. The van der Waals surface area contributed by atoms with Gasteiger partial charge in [0.15, 0.2) is 6.10 Å². The monoisotopic (exact) mass is 364 g/mol. The summed E-state index contributed by atoms with van der Waals surface area (Å²) in [6, 6.07) is 9.21. The molecule has 1 saturated carbocycles. The Morgan fingerprint density at radius 1 is 1.08 bits per heavy atom. The molecule has 1 aromatic heterocycles. The Hall–Kier alpha value is -2.45. The number of fused-ring (bicyclic) bond motifs is 1. The van der Waals surface area contributed by atoms with Crippen LogP contribution in [0.4, 0.5) is 13.2 Å².